The second kappa shape index (κ2) is 4.95. The number of nitrogens with zero attached hydrogens (tertiary/aromatic N) is 4. The molecule has 0 unspecified atom stereocenters. The fourth-order valence-corrected chi connectivity index (χ4v) is 1.68. The fraction of sp³-hybridized carbons (Fsp3) is 0.333. The summed E-state index contributed by atoms with van der Waals surface area (Å²) in [6, 6.07) is 1.90. The Morgan fingerprint density at radius 2 is 2.22 bits per heavy atom. The molecule has 0 atom stereocenters. The Morgan fingerprint density at radius 1 is 1.44 bits per heavy atom. The lowest BCUT2D eigenvalue weighted by Crippen LogP contribution is -2.04. The molecule has 18 heavy (non-hydrogen) atoms. The van der Waals surface area contributed by atoms with E-state index in [4.69, 9.17) is 5.11 Å². The lowest BCUT2D eigenvalue weighted by atomic mass is 10.3. The van der Waals surface area contributed by atoms with Gasteiger partial charge in [-0.1, -0.05) is 6.92 Å². The zero-order chi connectivity index (χ0) is 13.1. The van der Waals surface area contributed by atoms with Crippen molar-refractivity contribution in [1.82, 2.24) is 19.7 Å². The standard InChI is InChI=1S/C12H14N4O2/c1-3-4-10-14-11(12(17)18)15-16(10)9-5-8(2)6-13-7-9/h5-7H,3-4H2,1-2H3,(H,17,18). The molecule has 0 aliphatic heterocycles. The molecule has 2 heterocycles. The van der Waals surface area contributed by atoms with Crippen LogP contribution in [0.1, 0.15) is 35.4 Å². The molecule has 2 aromatic heterocycles. The van der Waals surface area contributed by atoms with E-state index in [1.807, 2.05) is 19.9 Å². The Morgan fingerprint density at radius 3 is 2.83 bits per heavy atom. The Hall–Kier alpha value is -2.24. The van der Waals surface area contributed by atoms with Crippen LogP contribution in [0.15, 0.2) is 18.5 Å². The molecule has 1 N–H and O–H groups in total. The van der Waals surface area contributed by atoms with E-state index in [9.17, 15) is 4.79 Å². The van der Waals surface area contributed by atoms with Crippen LogP contribution in [0.5, 0.6) is 0 Å². The minimum Gasteiger partial charge on any atom is -0.475 e. The molecule has 94 valence electrons. The van der Waals surface area contributed by atoms with Crippen LogP contribution >= 0.6 is 0 Å². The molecule has 6 heteroatoms. The van der Waals surface area contributed by atoms with Gasteiger partial charge in [-0.25, -0.2) is 14.5 Å². The van der Waals surface area contributed by atoms with Gasteiger partial charge in [0.15, 0.2) is 0 Å². The van der Waals surface area contributed by atoms with Crippen molar-refractivity contribution < 1.29 is 9.90 Å². The largest absolute Gasteiger partial charge is 0.475 e. The number of hydrogen-bond donors (Lipinski definition) is 1. The van der Waals surface area contributed by atoms with Gasteiger partial charge in [-0.15, -0.1) is 5.10 Å². The lowest BCUT2D eigenvalue weighted by Gasteiger charge is -2.04. The van der Waals surface area contributed by atoms with Crippen molar-refractivity contribution in [2.75, 3.05) is 0 Å². The highest BCUT2D eigenvalue weighted by atomic mass is 16.4. The van der Waals surface area contributed by atoms with Crippen molar-refractivity contribution in [2.24, 2.45) is 0 Å². The molecule has 0 aliphatic rings. The minimum atomic E-state index is -1.12. The zero-order valence-electron chi connectivity index (χ0n) is 10.3. The zero-order valence-corrected chi connectivity index (χ0v) is 10.3. The maximum absolute atomic E-state index is 10.9. The van der Waals surface area contributed by atoms with E-state index in [1.165, 1.54) is 0 Å². The van der Waals surface area contributed by atoms with Crippen LogP contribution in [0.25, 0.3) is 5.69 Å². The van der Waals surface area contributed by atoms with Crippen molar-refractivity contribution >= 4 is 5.97 Å². The van der Waals surface area contributed by atoms with E-state index in [0.29, 0.717) is 12.2 Å². The average molecular weight is 246 g/mol. The van der Waals surface area contributed by atoms with Crippen LogP contribution in [0.3, 0.4) is 0 Å². The highest BCUT2D eigenvalue weighted by Gasteiger charge is 2.15. The van der Waals surface area contributed by atoms with Crippen LogP contribution in [0, 0.1) is 6.92 Å². The summed E-state index contributed by atoms with van der Waals surface area (Å²) in [4.78, 5) is 19.0. The molecule has 0 spiro atoms. The number of aromatic nitrogens is 4. The Bertz CT molecular complexity index is 577. The predicted molar refractivity (Wildman–Crippen MR) is 64.8 cm³/mol. The van der Waals surface area contributed by atoms with Gasteiger partial charge in [0.2, 0.25) is 0 Å². The fourth-order valence-electron chi connectivity index (χ4n) is 1.68. The number of pyridine rings is 1. The molecule has 0 saturated heterocycles. The van der Waals surface area contributed by atoms with Crippen LogP contribution < -0.4 is 0 Å². The molecule has 6 nitrogen and oxygen atoms in total. The predicted octanol–water partition coefficient (Wildman–Crippen LogP) is 1.62. The van der Waals surface area contributed by atoms with Gasteiger partial charge >= 0.3 is 5.97 Å². The molecule has 0 bridgehead atoms. The Balaban J connectivity index is 2.51. The molecule has 0 amide bonds. The molecule has 0 fully saturated rings. The first-order chi connectivity index (χ1) is 8.61. The van der Waals surface area contributed by atoms with Gasteiger partial charge in [0.05, 0.1) is 11.9 Å². The van der Waals surface area contributed by atoms with Crippen molar-refractivity contribution in [3.8, 4) is 5.69 Å². The number of aromatic carboxylic acids is 1. The molecular formula is C12H14N4O2. The number of hydrogen-bond acceptors (Lipinski definition) is 4. The molecule has 2 aromatic rings. The topological polar surface area (TPSA) is 80.9 Å². The summed E-state index contributed by atoms with van der Waals surface area (Å²) >= 11 is 0. The second-order valence-electron chi connectivity index (χ2n) is 4.04. The first-order valence-corrected chi connectivity index (χ1v) is 5.73. The number of carboxylic acid groups (broad SMARTS) is 1. The van der Waals surface area contributed by atoms with Gasteiger partial charge in [-0.3, -0.25) is 4.98 Å². The van der Waals surface area contributed by atoms with Crippen LogP contribution in [0.2, 0.25) is 0 Å². The number of carbonyl (C=O) groups is 1. The van der Waals surface area contributed by atoms with Gasteiger partial charge in [-0.2, -0.15) is 0 Å². The van der Waals surface area contributed by atoms with Gasteiger partial charge < -0.3 is 5.11 Å². The number of carboxylic acids is 1. The summed E-state index contributed by atoms with van der Waals surface area (Å²) in [6.07, 6.45) is 4.93. The van der Waals surface area contributed by atoms with Crippen molar-refractivity contribution in [3.63, 3.8) is 0 Å². The number of rotatable bonds is 4. The molecule has 0 radical (unpaired) electrons. The molecular weight excluding hydrogens is 232 g/mol. The summed E-state index contributed by atoms with van der Waals surface area (Å²) in [5.41, 5.74) is 1.72. The van der Waals surface area contributed by atoms with Crippen LogP contribution in [-0.2, 0) is 6.42 Å². The molecule has 0 saturated carbocycles. The Labute approximate surface area is 104 Å². The first kappa shape index (κ1) is 12.2. The normalized spacial score (nSPS) is 10.6. The first-order valence-electron chi connectivity index (χ1n) is 5.73. The second-order valence-corrected chi connectivity index (χ2v) is 4.04. The summed E-state index contributed by atoms with van der Waals surface area (Å²) in [5.74, 6) is -0.658. The maximum Gasteiger partial charge on any atom is 0.375 e. The van der Waals surface area contributed by atoms with Crippen molar-refractivity contribution in [2.45, 2.75) is 26.7 Å². The maximum atomic E-state index is 10.9. The van der Waals surface area contributed by atoms with Crippen molar-refractivity contribution in [1.29, 1.82) is 0 Å². The van der Waals surface area contributed by atoms with E-state index in [1.54, 1.807) is 17.1 Å². The monoisotopic (exact) mass is 246 g/mol. The van der Waals surface area contributed by atoms with E-state index in [0.717, 1.165) is 17.7 Å². The van der Waals surface area contributed by atoms with E-state index in [2.05, 4.69) is 15.1 Å². The Kier molecular flexibility index (Phi) is 3.36. The lowest BCUT2D eigenvalue weighted by molar-refractivity contribution is 0.0683. The average Bonchev–Trinajstić information content (AvgIpc) is 2.74. The summed E-state index contributed by atoms with van der Waals surface area (Å²) in [5, 5.41) is 12.9. The van der Waals surface area contributed by atoms with Crippen LogP contribution in [-0.4, -0.2) is 30.8 Å². The van der Waals surface area contributed by atoms with E-state index >= 15 is 0 Å². The van der Waals surface area contributed by atoms with Gasteiger partial charge in [0.1, 0.15) is 5.82 Å². The highest BCUT2D eigenvalue weighted by Crippen LogP contribution is 2.12. The van der Waals surface area contributed by atoms with E-state index < -0.39 is 5.97 Å². The third-order valence-electron chi connectivity index (χ3n) is 2.44. The summed E-state index contributed by atoms with van der Waals surface area (Å²) in [6.45, 7) is 3.93. The van der Waals surface area contributed by atoms with E-state index in [-0.39, 0.29) is 5.82 Å². The van der Waals surface area contributed by atoms with Gasteiger partial charge in [-0.05, 0) is 25.0 Å². The SMILES string of the molecule is CCCc1nc(C(=O)O)nn1-c1cncc(C)c1. The van der Waals surface area contributed by atoms with Gasteiger partial charge in [0.25, 0.3) is 5.82 Å². The van der Waals surface area contributed by atoms with Gasteiger partial charge in [0, 0.05) is 12.6 Å². The smallest absolute Gasteiger partial charge is 0.375 e. The molecule has 2 rings (SSSR count). The molecule has 0 aromatic carbocycles. The summed E-state index contributed by atoms with van der Waals surface area (Å²) < 4.78 is 1.55. The quantitative estimate of drug-likeness (QED) is 0.886. The third kappa shape index (κ3) is 2.37. The van der Waals surface area contributed by atoms with Crippen molar-refractivity contribution in [3.05, 3.63) is 35.7 Å². The summed E-state index contributed by atoms with van der Waals surface area (Å²) in [7, 11) is 0. The van der Waals surface area contributed by atoms with Crippen LogP contribution in [0.4, 0.5) is 0 Å². The minimum absolute atomic E-state index is 0.181. The molecule has 0 aliphatic carbocycles. The highest BCUT2D eigenvalue weighted by molar-refractivity contribution is 5.83. The number of aryl methyl sites for hydroxylation is 2. The third-order valence-corrected chi connectivity index (χ3v) is 2.44.